The molecule has 0 spiro atoms. The molecule has 2 atom stereocenters. The van der Waals surface area contributed by atoms with Crippen molar-refractivity contribution in [2.75, 3.05) is 71.0 Å². The zero-order chi connectivity index (χ0) is 54.6. The van der Waals surface area contributed by atoms with Gasteiger partial charge in [0, 0.05) is 66.7 Å². The highest BCUT2D eigenvalue weighted by molar-refractivity contribution is 7.87. The van der Waals surface area contributed by atoms with Crippen LogP contribution in [0.5, 0.6) is 28.7 Å². The normalized spacial score (nSPS) is 17.9. The molecule has 18 nitrogen and oxygen atoms in total. The van der Waals surface area contributed by atoms with E-state index in [9.17, 15) is 40.8 Å². The first-order valence-electron chi connectivity index (χ1n) is 24.5. The van der Waals surface area contributed by atoms with Crippen LogP contribution in [-0.4, -0.2) is 137 Å². The summed E-state index contributed by atoms with van der Waals surface area (Å²) in [4.78, 5) is 62.2. The van der Waals surface area contributed by atoms with E-state index in [0.29, 0.717) is 55.2 Å². The minimum absolute atomic E-state index is 0.0705. The number of halogens is 3. The number of anilines is 2. The van der Waals surface area contributed by atoms with E-state index in [-0.39, 0.29) is 73.4 Å². The summed E-state index contributed by atoms with van der Waals surface area (Å²) in [6.45, 7) is 13.9. The second-order valence-electron chi connectivity index (χ2n) is 20.9. The predicted octanol–water partition coefficient (Wildman–Crippen LogP) is 8.84. The molecule has 4 heterocycles. The van der Waals surface area contributed by atoms with Gasteiger partial charge in [-0.2, -0.15) is 21.6 Å². The van der Waals surface area contributed by atoms with Crippen molar-refractivity contribution >= 4 is 66.8 Å². The van der Waals surface area contributed by atoms with E-state index < -0.39 is 67.9 Å². The van der Waals surface area contributed by atoms with Crippen LogP contribution in [-0.2, 0) is 33.4 Å². The van der Waals surface area contributed by atoms with Gasteiger partial charge in [-0.15, -0.1) is 0 Å². The number of amides is 4. The molecular weight excluding hydrogens is 1040 g/mol. The molecule has 0 bridgehead atoms. The molecule has 75 heavy (non-hydrogen) atoms. The molecule has 0 N–H and O–H groups in total. The topological polar surface area (TPSA) is 189 Å². The van der Waals surface area contributed by atoms with Gasteiger partial charge >= 0.3 is 15.6 Å². The zero-order valence-electron chi connectivity index (χ0n) is 43.7. The van der Waals surface area contributed by atoms with E-state index in [1.807, 2.05) is 24.3 Å². The van der Waals surface area contributed by atoms with Gasteiger partial charge in [0.15, 0.2) is 23.0 Å². The fraction of sp³-hybridized carbons (Fsp3) is 0.490. The Morgan fingerprint density at radius 2 is 1.07 bits per heavy atom. The van der Waals surface area contributed by atoms with Crippen LogP contribution in [0.3, 0.4) is 0 Å². The number of alkyl halides is 3. The number of ether oxygens (including phenoxy) is 7. The molecule has 24 heteroatoms. The molecule has 0 saturated carbocycles. The molecule has 0 unspecified atom stereocenters. The molecule has 0 saturated heterocycles. The Kier molecular flexibility index (Phi) is 17.4. The number of benzene rings is 3. The van der Waals surface area contributed by atoms with Crippen molar-refractivity contribution in [3.8, 4) is 28.7 Å². The highest BCUT2D eigenvalue weighted by Crippen LogP contribution is 2.44. The van der Waals surface area contributed by atoms with E-state index in [1.54, 1.807) is 25.4 Å². The van der Waals surface area contributed by atoms with Gasteiger partial charge in [0.25, 0.3) is 23.6 Å². The third kappa shape index (κ3) is 13.1. The minimum Gasteiger partial charge on any atom is -0.497 e. The van der Waals surface area contributed by atoms with Crippen molar-refractivity contribution in [3.05, 3.63) is 83.4 Å². The summed E-state index contributed by atoms with van der Waals surface area (Å²) in [6.07, 6.45) is 3.87. The van der Waals surface area contributed by atoms with Crippen LogP contribution in [0.4, 0.5) is 24.5 Å². The van der Waals surface area contributed by atoms with Crippen molar-refractivity contribution < 1.29 is 78.1 Å². The Hall–Kier alpha value is -6.09. The van der Waals surface area contributed by atoms with E-state index in [4.69, 9.17) is 33.2 Å². The van der Waals surface area contributed by atoms with E-state index in [1.165, 1.54) is 41.1 Å². The van der Waals surface area contributed by atoms with Gasteiger partial charge in [-0.25, -0.2) is 0 Å². The molecule has 408 valence electrons. The summed E-state index contributed by atoms with van der Waals surface area (Å²) < 4.78 is 109. The largest absolute Gasteiger partial charge is 0.534 e. The molecule has 4 aliphatic heterocycles. The Morgan fingerprint density at radius 3 is 1.51 bits per heavy atom. The van der Waals surface area contributed by atoms with Crippen molar-refractivity contribution in [2.45, 2.75) is 101 Å². The first-order valence-corrected chi connectivity index (χ1v) is 33.4. The van der Waals surface area contributed by atoms with Gasteiger partial charge in [-0.05, 0) is 66.8 Å². The van der Waals surface area contributed by atoms with Crippen LogP contribution in [0, 0.1) is 0 Å². The summed E-state index contributed by atoms with van der Waals surface area (Å²) in [7, 11) is -4.71. The molecule has 0 fully saturated rings. The van der Waals surface area contributed by atoms with Crippen LogP contribution in [0.2, 0.25) is 51.4 Å². The van der Waals surface area contributed by atoms with Crippen molar-refractivity contribution in [3.63, 3.8) is 0 Å². The fourth-order valence-electron chi connectivity index (χ4n) is 8.65. The van der Waals surface area contributed by atoms with Crippen molar-refractivity contribution in [2.24, 2.45) is 0 Å². The number of nitrogens with zero attached hydrogens (tertiary/aromatic N) is 4. The van der Waals surface area contributed by atoms with Crippen LogP contribution in [0.15, 0.2) is 66.7 Å². The Balaban J connectivity index is 1.04. The molecule has 0 aliphatic carbocycles. The second kappa shape index (κ2) is 23.0. The lowest BCUT2D eigenvalue weighted by Crippen LogP contribution is -2.45. The number of hydrogen-bond acceptors (Lipinski definition) is 14. The van der Waals surface area contributed by atoms with Crippen LogP contribution in [0.1, 0.15) is 58.4 Å². The maximum absolute atomic E-state index is 14.5. The first-order chi connectivity index (χ1) is 35.3. The summed E-state index contributed by atoms with van der Waals surface area (Å²) >= 11 is 0. The SMILES string of the molecule is COc1ccc(C2=CN3C(=O)c4cc(OC)c(OCCCCCOc5cc6c(cc5OC)C(=O)N5C=C(OS(=O)(=O)C(F)(F)F)C[C@H]5C(=O)N6COCC[Si](C)(C)C)cc4N(COCC[Si](C)(C)C)C(=O)[C@@H]3C2)cc1. The van der Waals surface area contributed by atoms with Crippen molar-refractivity contribution in [1.29, 1.82) is 0 Å². The smallest absolute Gasteiger partial charge is 0.497 e. The molecule has 0 radical (unpaired) electrons. The molecule has 3 aromatic rings. The van der Waals surface area contributed by atoms with Gasteiger partial charge in [-0.3, -0.25) is 33.9 Å². The van der Waals surface area contributed by atoms with Gasteiger partial charge in [-0.1, -0.05) is 51.4 Å². The Bertz CT molecular complexity index is 2820. The van der Waals surface area contributed by atoms with Gasteiger partial charge < -0.3 is 42.2 Å². The number of carbonyl (C=O) groups is 4. The summed E-state index contributed by atoms with van der Waals surface area (Å²) in [5.41, 5.74) is -3.42. The summed E-state index contributed by atoms with van der Waals surface area (Å²) in [5, 5.41) is 0. The average molecular weight is 1100 g/mol. The zero-order valence-corrected chi connectivity index (χ0v) is 46.5. The lowest BCUT2D eigenvalue weighted by atomic mass is 10.0. The molecule has 7 rings (SSSR count). The van der Waals surface area contributed by atoms with Gasteiger partial charge in [0.1, 0.15) is 37.1 Å². The van der Waals surface area contributed by atoms with E-state index in [2.05, 4.69) is 43.5 Å². The monoisotopic (exact) mass is 1100 g/mol. The lowest BCUT2D eigenvalue weighted by Gasteiger charge is -2.27. The molecule has 0 aromatic heterocycles. The van der Waals surface area contributed by atoms with Crippen LogP contribution >= 0.6 is 0 Å². The highest BCUT2D eigenvalue weighted by atomic mass is 32.2. The predicted molar refractivity (Wildman–Crippen MR) is 278 cm³/mol. The Labute approximate surface area is 437 Å². The van der Waals surface area contributed by atoms with Crippen LogP contribution < -0.4 is 33.5 Å². The Morgan fingerprint density at radius 1 is 0.600 bits per heavy atom. The standard InChI is InChI=1S/C51H65F3N4O14SSi2/c1-65-35-15-13-33(14-16-35)34-23-41-49(61)57(31-68-19-21-74(4,5)6)39-27-45(43(66-2)25-37(39)47(59)55(41)29-34)70-17-11-10-12-18-71-46-28-40-38(26-44(46)67-3)48(60)56-30-36(72-73(63,64)51(52,53)54)24-42(56)50(62)58(40)32-69-20-22-75(7,8)9/h13-16,25-30,41-42H,10-12,17-24,31-32H2,1-9H3/t41-,42-/m0/s1. The molecule has 3 aromatic carbocycles. The number of carbonyl (C=O) groups excluding carboxylic acids is 4. The number of fused-ring (bicyclic) bond motifs is 4. The maximum Gasteiger partial charge on any atom is 0.534 e. The first kappa shape index (κ1) is 56.6. The third-order valence-electron chi connectivity index (χ3n) is 12.9. The minimum atomic E-state index is -6.08. The number of methoxy groups -OCH3 is 3. The lowest BCUT2D eigenvalue weighted by molar-refractivity contribution is -0.123. The average Bonchev–Trinajstić information content (AvgIpc) is 3.96. The fourth-order valence-corrected chi connectivity index (χ4v) is 10.6. The quantitative estimate of drug-likeness (QED) is 0.0358. The van der Waals surface area contributed by atoms with Gasteiger partial charge in [0.2, 0.25) is 0 Å². The molecule has 4 aliphatic rings. The third-order valence-corrected chi connectivity index (χ3v) is 17.3. The second-order valence-corrected chi connectivity index (χ2v) is 33.6. The van der Waals surface area contributed by atoms with Crippen molar-refractivity contribution in [1.82, 2.24) is 9.80 Å². The summed E-state index contributed by atoms with van der Waals surface area (Å²) in [5.74, 6) is -1.33. The highest BCUT2D eigenvalue weighted by Gasteiger charge is 2.51. The number of hydrogen-bond donors (Lipinski definition) is 0. The number of unbranched alkanes of at least 4 members (excludes halogenated alkanes) is 2. The van der Waals surface area contributed by atoms with Crippen LogP contribution in [0.25, 0.3) is 5.57 Å². The van der Waals surface area contributed by atoms with Gasteiger partial charge in [0.05, 0.1) is 57.0 Å². The summed E-state index contributed by atoms with van der Waals surface area (Å²) in [6, 6.07) is 12.9. The maximum atomic E-state index is 14.5. The number of rotatable bonds is 24. The molecule has 4 amide bonds. The van der Waals surface area contributed by atoms with E-state index >= 15 is 0 Å². The molecular formula is C51H65F3N4O14SSi2. The van der Waals surface area contributed by atoms with E-state index in [0.717, 1.165) is 34.3 Å².